The third-order valence-electron chi connectivity index (χ3n) is 4.17. The second kappa shape index (κ2) is 4.52. The van der Waals surface area contributed by atoms with Gasteiger partial charge in [0, 0.05) is 18.2 Å². The van der Waals surface area contributed by atoms with E-state index >= 15 is 0 Å². The molecule has 1 aliphatic carbocycles. The number of aryl methyl sites for hydroxylation is 4. The maximum Gasteiger partial charge on any atom is 0.0716 e. The molecule has 1 aromatic heterocycles. The summed E-state index contributed by atoms with van der Waals surface area (Å²) in [6.45, 7) is 6.49. The van der Waals surface area contributed by atoms with Crippen LogP contribution in [0.4, 0.5) is 0 Å². The van der Waals surface area contributed by atoms with Gasteiger partial charge in [-0.25, -0.2) is 0 Å². The van der Waals surface area contributed by atoms with Crippen molar-refractivity contribution in [2.24, 2.45) is 13.0 Å². The van der Waals surface area contributed by atoms with E-state index < -0.39 is 0 Å². The Morgan fingerprint density at radius 3 is 2.58 bits per heavy atom. The molecule has 0 N–H and O–H groups in total. The van der Waals surface area contributed by atoms with Crippen molar-refractivity contribution in [2.45, 2.75) is 40.0 Å². The monoisotopic (exact) mass is 254 g/mol. The SMILES string of the molecule is Cc1ccc(-c2c(CC3CC3)c(C)nn2C)c(C)c1. The summed E-state index contributed by atoms with van der Waals surface area (Å²) in [5.74, 6) is 0.896. The molecule has 1 saturated carbocycles. The minimum absolute atomic E-state index is 0.896. The second-order valence-electron chi connectivity index (χ2n) is 6.00. The number of hydrogen-bond acceptors (Lipinski definition) is 1. The van der Waals surface area contributed by atoms with Crippen molar-refractivity contribution < 1.29 is 0 Å². The largest absolute Gasteiger partial charge is 0.267 e. The van der Waals surface area contributed by atoms with E-state index in [1.165, 1.54) is 52.9 Å². The van der Waals surface area contributed by atoms with Gasteiger partial charge in [-0.05, 0) is 51.5 Å². The number of benzene rings is 1. The molecule has 2 heteroatoms. The van der Waals surface area contributed by atoms with Crippen molar-refractivity contribution >= 4 is 0 Å². The van der Waals surface area contributed by atoms with Crippen molar-refractivity contribution in [3.63, 3.8) is 0 Å². The summed E-state index contributed by atoms with van der Waals surface area (Å²) in [5, 5.41) is 4.65. The van der Waals surface area contributed by atoms with E-state index in [0.29, 0.717) is 0 Å². The van der Waals surface area contributed by atoms with E-state index in [9.17, 15) is 0 Å². The fourth-order valence-corrected chi connectivity index (χ4v) is 2.97. The van der Waals surface area contributed by atoms with Gasteiger partial charge in [-0.2, -0.15) is 5.10 Å². The number of rotatable bonds is 3. The van der Waals surface area contributed by atoms with Crippen LogP contribution in [0, 0.1) is 26.7 Å². The Kier molecular flexibility index (Phi) is 2.96. The third-order valence-corrected chi connectivity index (χ3v) is 4.17. The molecule has 0 aliphatic heterocycles. The highest BCUT2D eigenvalue weighted by molar-refractivity contribution is 5.68. The lowest BCUT2D eigenvalue weighted by atomic mass is 9.97. The number of aromatic nitrogens is 2. The summed E-state index contributed by atoms with van der Waals surface area (Å²) in [7, 11) is 2.07. The van der Waals surface area contributed by atoms with E-state index in [-0.39, 0.29) is 0 Å². The summed E-state index contributed by atoms with van der Waals surface area (Å²) in [6, 6.07) is 6.71. The fourth-order valence-electron chi connectivity index (χ4n) is 2.97. The molecule has 2 aromatic rings. The topological polar surface area (TPSA) is 17.8 Å². The van der Waals surface area contributed by atoms with Gasteiger partial charge in [-0.15, -0.1) is 0 Å². The number of hydrogen-bond donors (Lipinski definition) is 0. The Balaban J connectivity index is 2.12. The smallest absolute Gasteiger partial charge is 0.0716 e. The van der Waals surface area contributed by atoms with E-state index in [1.807, 2.05) is 0 Å². The van der Waals surface area contributed by atoms with Gasteiger partial charge in [0.05, 0.1) is 11.4 Å². The van der Waals surface area contributed by atoms with Crippen LogP contribution in [-0.4, -0.2) is 9.78 Å². The van der Waals surface area contributed by atoms with Crippen LogP contribution >= 0.6 is 0 Å². The van der Waals surface area contributed by atoms with E-state index in [2.05, 4.69) is 55.8 Å². The van der Waals surface area contributed by atoms with Gasteiger partial charge in [0.2, 0.25) is 0 Å². The quantitative estimate of drug-likeness (QED) is 0.810. The molecule has 0 amide bonds. The molecule has 0 radical (unpaired) electrons. The summed E-state index contributed by atoms with van der Waals surface area (Å²) >= 11 is 0. The lowest BCUT2D eigenvalue weighted by molar-refractivity contribution is 0.763. The predicted octanol–water partition coefficient (Wildman–Crippen LogP) is 3.96. The Labute approximate surface area is 115 Å². The van der Waals surface area contributed by atoms with Crippen molar-refractivity contribution in [3.05, 3.63) is 40.6 Å². The summed E-state index contributed by atoms with van der Waals surface area (Å²) in [4.78, 5) is 0. The third kappa shape index (κ3) is 2.32. The first-order chi connectivity index (χ1) is 9.06. The molecule has 0 saturated heterocycles. The molecule has 19 heavy (non-hydrogen) atoms. The standard InChI is InChI=1S/C17H22N2/c1-11-5-8-15(12(2)9-11)17-16(10-14-6-7-14)13(3)18-19(17)4/h5,8-9,14H,6-7,10H2,1-4H3. The first-order valence-electron chi connectivity index (χ1n) is 7.16. The normalized spacial score (nSPS) is 14.9. The highest BCUT2D eigenvalue weighted by Gasteiger charge is 2.26. The molecule has 0 bridgehead atoms. The lowest BCUT2D eigenvalue weighted by Gasteiger charge is -2.10. The van der Waals surface area contributed by atoms with E-state index in [4.69, 9.17) is 0 Å². The number of nitrogens with zero attached hydrogens (tertiary/aromatic N) is 2. The summed E-state index contributed by atoms with van der Waals surface area (Å²) in [6.07, 6.45) is 3.98. The Bertz CT molecular complexity index is 618. The molecule has 0 atom stereocenters. The molecule has 2 nitrogen and oxygen atoms in total. The van der Waals surface area contributed by atoms with Gasteiger partial charge < -0.3 is 0 Å². The average molecular weight is 254 g/mol. The van der Waals surface area contributed by atoms with Gasteiger partial charge in [0.25, 0.3) is 0 Å². The predicted molar refractivity (Wildman–Crippen MR) is 79.3 cm³/mol. The lowest BCUT2D eigenvalue weighted by Crippen LogP contribution is -1.98. The molecule has 1 fully saturated rings. The van der Waals surface area contributed by atoms with Crippen LogP contribution in [0.3, 0.4) is 0 Å². The van der Waals surface area contributed by atoms with Crippen LogP contribution in [-0.2, 0) is 13.5 Å². The molecule has 1 aromatic carbocycles. The molecule has 3 rings (SSSR count). The zero-order valence-corrected chi connectivity index (χ0v) is 12.3. The molecule has 1 aliphatic rings. The average Bonchev–Trinajstić information content (AvgIpc) is 3.09. The van der Waals surface area contributed by atoms with Gasteiger partial charge in [0.1, 0.15) is 0 Å². The van der Waals surface area contributed by atoms with Crippen molar-refractivity contribution in [1.29, 1.82) is 0 Å². The van der Waals surface area contributed by atoms with Crippen LogP contribution < -0.4 is 0 Å². The minimum Gasteiger partial charge on any atom is -0.267 e. The van der Waals surface area contributed by atoms with Crippen LogP contribution in [0.25, 0.3) is 11.3 Å². The van der Waals surface area contributed by atoms with Crippen LogP contribution in [0.2, 0.25) is 0 Å². The van der Waals surface area contributed by atoms with Crippen LogP contribution in [0.15, 0.2) is 18.2 Å². The maximum absolute atomic E-state index is 4.65. The van der Waals surface area contributed by atoms with Crippen LogP contribution in [0.1, 0.15) is 35.2 Å². The van der Waals surface area contributed by atoms with Gasteiger partial charge in [-0.1, -0.05) is 23.8 Å². The molecule has 1 heterocycles. The molecular formula is C17H22N2. The zero-order valence-electron chi connectivity index (χ0n) is 12.3. The highest BCUT2D eigenvalue weighted by atomic mass is 15.3. The van der Waals surface area contributed by atoms with Gasteiger partial charge in [0.15, 0.2) is 0 Å². The second-order valence-corrected chi connectivity index (χ2v) is 6.00. The van der Waals surface area contributed by atoms with Crippen LogP contribution in [0.5, 0.6) is 0 Å². The molecule has 100 valence electrons. The molecular weight excluding hydrogens is 232 g/mol. The Morgan fingerprint density at radius 1 is 1.21 bits per heavy atom. The Morgan fingerprint density at radius 2 is 1.95 bits per heavy atom. The zero-order chi connectivity index (χ0) is 13.6. The Hall–Kier alpha value is -1.57. The molecule has 0 spiro atoms. The highest BCUT2D eigenvalue weighted by Crippen LogP contribution is 2.37. The van der Waals surface area contributed by atoms with Crippen molar-refractivity contribution in [3.8, 4) is 11.3 Å². The van der Waals surface area contributed by atoms with Crippen molar-refractivity contribution in [2.75, 3.05) is 0 Å². The summed E-state index contributed by atoms with van der Waals surface area (Å²) in [5.41, 5.74) is 7.98. The van der Waals surface area contributed by atoms with E-state index in [1.54, 1.807) is 0 Å². The first-order valence-corrected chi connectivity index (χ1v) is 7.16. The molecule has 0 unspecified atom stereocenters. The van der Waals surface area contributed by atoms with Gasteiger partial charge in [-0.3, -0.25) is 4.68 Å². The van der Waals surface area contributed by atoms with Crippen molar-refractivity contribution in [1.82, 2.24) is 9.78 Å². The maximum atomic E-state index is 4.65. The summed E-state index contributed by atoms with van der Waals surface area (Å²) < 4.78 is 2.06. The van der Waals surface area contributed by atoms with E-state index in [0.717, 1.165) is 5.92 Å². The minimum atomic E-state index is 0.896. The van der Waals surface area contributed by atoms with Gasteiger partial charge >= 0.3 is 0 Å². The first kappa shape index (κ1) is 12.5. The fraction of sp³-hybridized carbons (Fsp3) is 0.471.